The highest BCUT2D eigenvalue weighted by atomic mass is 15.3. The average Bonchev–Trinajstić information content (AvgIpc) is 3.03. The fraction of sp³-hybridized carbons (Fsp3) is 0.286. The van der Waals surface area contributed by atoms with Crippen LogP contribution in [0.5, 0.6) is 0 Å². The molecule has 2 aromatic heterocycles. The van der Waals surface area contributed by atoms with E-state index < -0.39 is 0 Å². The highest BCUT2D eigenvalue weighted by Crippen LogP contribution is 2.26. The molecular weight excluding hydrogens is 238 g/mol. The molecule has 2 heterocycles. The maximum absolute atomic E-state index is 6.38. The van der Waals surface area contributed by atoms with E-state index in [4.69, 9.17) is 5.73 Å². The molecule has 19 heavy (non-hydrogen) atoms. The van der Waals surface area contributed by atoms with Gasteiger partial charge >= 0.3 is 0 Å². The van der Waals surface area contributed by atoms with Gasteiger partial charge in [0.25, 0.3) is 0 Å². The van der Waals surface area contributed by atoms with E-state index in [2.05, 4.69) is 29.3 Å². The maximum Gasteiger partial charge on any atom is 0.0931 e. The third-order valence-corrected chi connectivity index (χ3v) is 3.45. The van der Waals surface area contributed by atoms with Gasteiger partial charge in [-0.1, -0.05) is 18.2 Å². The van der Waals surface area contributed by atoms with Crippen molar-refractivity contribution in [3.63, 3.8) is 0 Å². The van der Waals surface area contributed by atoms with Crippen LogP contribution in [0, 0.1) is 0 Å². The lowest BCUT2D eigenvalue weighted by Crippen LogP contribution is -2.18. The SMILES string of the molecule is CCn1nccc1C(N)c1nn(C)c2ccccc12. The highest BCUT2D eigenvalue weighted by Gasteiger charge is 2.19. The minimum Gasteiger partial charge on any atom is -0.318 e. The van der Waals surface area contributed by atoms with Gasteiger partial charge < -0.3 is 5.73 Å². The summed E-state index contributed by atoms with van der Waals surface area (Å²) in [6.45, 7) is 2.86. The van der Waals surface area contributed by atoms with Crippen LogP contribution in [0.3, 0.4) is 0 Å². The van der Waals surface area contributed by atoms with Crippen LogP contribution in [0.25, 0.3) is 10.9 Å². The number of hydrogen-bond acceptors (Lipinski definition) is 3. The number of hydrogen-bond donors (Lipinski definition) is 1. The van der Waals surface area contributed by atoms with Crippen molar-refractivity contribution in [2.45, 2.75) is 19.5 Å². The summed E-state index contributed by atoms with van der Waals surface area (Å²) in [5, 5.41) is 9.94. The molecule has 1 unspecified atom stereocenters. The number of nitrogens with two attached hydrogens (primary N) is 1. The normalized spacial score (nSPS) is 13.0. The quantitative estimate of drug-likeness (QED) is 0.776. The van der Waals surface area contributed by atoms with Crippen LogP contribution in [0.15, 0.2) is 36.5 Å². The molecule has 0 aliphatic heterocycles. The third-order valence-electron chi connectivity index (χ3n) is 3.45. The van der Waals surface area contributed by atoms with Crippen molar-refractivity contribution in [1.82, 2.24) is 19.6 Å². The average molecular weight is 255 g/mol. The molecule has 1 atom stereocenters. The molecule has 0 saturated carbocycles. The van der Waals surface area contributed by atoms with Crippen LogP contribution in [0.4, 0.5) is 0 Å². The molecule has 0 spiro atoms. The Balaban J connectivity index is 2.14. The van der Waals surface area contributed by atoms with E-state index in [9.17, 15) is 0 Å². The second-order valence-electron chi connectivity index (χ2n) is 4.58. The number of para-hydroxylation sites is 1. The van der Waals surface area contributed by atoms with E-state index in [1.54, 1.807) is 6.20 Å². The van der Waals surface area contributed by atoms with E-state index in [0.29, 0.717) is 0 Å². The van der Waals surface area contributed by atoms with Crippen molar-refractivity contribution in [2.75, 3.05) is 0 Å². The van der Waals surface area contributed by atoms with Crippen molar-refractivity contribution < 1.29 is 0 Å². The first-order chi connectivity index (χ1) is 9.22. The van der Waals surface area contributed by atoms with Gasteiger partial charge in [-0.2, -0.15) is 10.2 Å². The van der Waals surface area contributed by atoms with E-state index in [0.717, 1.165) is 28.8 Å². The van der Waals surface area contributed by atoms with E-state index in [1.807, 2.05) is 34.6 Å². The standard InChI is InChI=1S/C14H17N5/c1-3-19-12(8-9-16-19)13(15)14-10-6-4-5-7-11(10)18(2)17-14/h4-9,13H,3,15H2,1-2H3. The molecule has 2 N–H and O–H groups in total. The van der Waals surface area contributed by atoms with Gasteiger partial charge in [-0.15, -0.1) is 0 Å². The van der Waals surface area contributed by atoms with Gasteiger partial charge in [-0.3, -0.25) is 9.36 Å². The zero-order valence-electron chi connectivity index (χ0n) is 11.1. The number of benzene rings is 1. The summed E-state index contributed by atoms with van der Waals surface area (Å²) in [5.74, 6) is 0. The smallest absolute Gasteiger partial charge is 0.0931 e. The number of rotatable bonds is 3. The number of aryl methyl sites for hydroxylation is 2. The minimum absolute atomic E-state index is 0.256. The lowest BCUT2D eigenvalue weighted by atomic mass is 10.1. The van der Waals surface area contributed by atoms with Crippen molar-refractivity contribution in [1.29, 1.82) is 0 Å². The molecule has 0 aliphatic rings. The molecule has 5 nitrogen and oxygen atoms in total. The summed E-state index contributed by atoms with van der Waals surface area (Å²) in [4.78, 5) is 0. The Bertz CT molecular complexity index is 710. The summed E-state index contributed by atoms with van der Waals surface area (Å²) in [6, 6.07) is 9.83. The Morgan fingerprint density at radius 1 is 1.26 bits per heavy atom. The van der Waals surface area contributed by atoms with E-state index in [-0.39, 0.29) is 6.04 Å². The van der Waals surface area contributed by atoms with Crippen LogP contribution in [0.1, 0.15) is 24.4 Å². The number of nitrogens with zero attached hydrogens (tertiary/aromatic N) is 4. The molecular formula is C14H17N5. The summed E-state index contributed by atoms with van der Waals surface area (Å²) in [5.41, 5.74) is 9.36. The summed E-state index contributed by atoms with van der Waals surface area (Å²) in [6.07, 6.45) is 1.78. The Morgan fingerprint density at radius 2 is 2.05 bits per heavy atom. The Kier molecular flexibility index (Phi) is 2.83. The van der Waals surface area contributed by atoms with E-state index in [1.165, 1.54) is 0 Å². The van der Waals surface area contributed by atoms with Gasteiger partial charge in [0.05, 0.1) is 22.9 Å². The van der Waals surface area contributed by atoms with Crippen LogP contribution < -0.4 is 5.73 Å². The molecule has 0 fully saturated rings. The predicted octanol–water partition coefficient (Wildman–Crippen LogP) is 1.84. The largest absolute Gasteiger partial charge is 0.318 e. The predicted molar refractivity (Wildman–Crippen MR) is 74.6 cm³/mol. The van der Waals surface area contributed by atoms with Gasteiger partial charge in [-0.25, -0.2) is 0 Å². The zero-order valence-corrected chi connectivity index (χ0v) is 11.1. The molecule has 1 aromatic carbocycles. The van der Waals surface area contributed by atoms with Crippen LogP contribution in [0.2, 0.25) is 0 Å². The Labute approximate surface area is 111 Å². The molecule has 0 amide bonds. The molecule has 5 heteroatoms. The lowest BCUT2D eigenvalue weighted by molar-refractivity contribution is 0.592. The van der Waals surface area contributed by atoms with Gasteiger partial charge in [-0.05, 0) is 19.1 Å². The molecule has 3 rings (SSSR count). The fourth-order valence-electron chi connectivity index (χ4n) is 2.48. The first-order valence-electron chi connectivity index (χ1n) is 6.41. The molecule has 0 radical (unpaired) electrons. The second-order valence-corrected chi connectivity index (χ2v) is 4.58. The monoisotopic (exact) mass is 255 g/mol. The van der Waals surface area contributed by atoms with Gasteiger partial charge in [0.1, 0.15) is 0 Å². The molecule has 0 saturated heterocycles. The zero-order chi connectivity index (χ0) is 13.4. The number of fused-ring (bicyclic) bond motifs is 1. The van der Waals surface area contributed by atoms with Crippen molar-refractivity contribution in [3.05, 3.63) is 47.9 Å². The third kappa shape index (κ3) is 1.82. The van der Waals surface area contributed by atoms with Crippen molar-refractivity contribution >= 4 is 10.9 Å². The van der Waals surface area contributed by atoms with Gasteiger partial charge in [0.2, 0.25) is 0 Å². The second kappa shape index (κ2) is 4.51. The van der Waals surface area contributed by atoms with Crippen LogP contribution in [-0.2, 0) is 13.6 Å². The topological polar surface area (TPSA) is 61.7 Å². The summed E-state index contributed by atoms with van der Waals surface area (Å²) < 4.78 is 3.78. The Hall–Kier alpha value is -2.14. The lowest BCUT2D eigenvalue weighted by Gasteiger charge is -2.11. The minimum atomic E-state index is -0.256. The van der Waals surface area contributed by atoms with Gasteiger partial charge in [0, 0.05) is 25.2 Å². The molecule has 0 aliphatic carbocycles. The van der Waals surface area contributed by atoms with Crippen LogP contribution in [-0.4, -0.2) is 19.6 Å². The summed E-state index contributed by atoms with van der Waals surface area (Å²) in [7, 11) is 1.94. The molecule has 98 valence electrons. The fourth-order valence-corrected chi connectivity index (χ4v) is 2.48. The highest BCUT2D eigenvalue weighted by molar-refractivity contribution is 5.82. The first kappa shape index (κ1) is 11.9. The first-order valence-corrected chi connectivity index (χ1v) is 6.41. The Morgan fingerprint density at radius 3 is 2.84 bits per heavy atom. The number of aromatic nitrogens is 4. The van der Waals surface area contributed by atoms with Crippen LogP contribution >= 0.6 is 0 Å². The maximum atomic E-state index is 6.38. The summed E-state index contributed by atoms with van der Waals surface area (Å²) >= 11 is 0. The van der Waals surface area contributed by atoms with Crippen molar-refractivity contribution in [3.8, 4) is 0 Å². The van der Waals surface area contributed by atoms with Crippen molar-refractivity contribution in [2.24, 2.45) is 12.8 Å². The van der Waals surface area contributed by atoms with E-state index >= 15 is 0 Å². The van der Waals surface area contributed by atoms with Gasteiger partial charge in [0.15, 0.2) is 0 Å². The molecule has 3 aromatic rings. The molecule has 0 bridgehead atoms.